The fourth-order valence-corrected chi connectivity index (χ4v) is 5.59. The molecule has 0 radical (unpaired) electrons. The molecule has 0 spiro atoms. The number of rotatable bonds is 16. The molecule has 0 saturated carbocycles. The molecule has 1 saturated heterocycles. The summed E-state index contributed by atoms with van der Waals surface area (Å²) in [5, 5.41) is 21.3. The molecule has 3 rings (SSSR count). The Morgan fingerprint density at radius 1 is 0.894 bits per heavy atom. The molecule has 7 amide bonds. The summed E-state index contributed by atoms with van der Waals surface area (Å²) in [6.45, 7) is 1.57. The SMILES string of the molecule is CC(=O)N[C@@H](CCC(=O)O)C(=O)N1CCCC[C@H]1C(=O)NC(Cc1ccc2ccccc2c1)C(=O)N[C@@H](CCCNC(N)=O)C(N)=O. The van der Waals surface area contributed by atoms with Crippen LogP contribution in [0.3, 0.4) is 0 Å². The highest BCUT2D eigenvalue weighted by atomic mass is 16.4. The van der Waals surface area contributed by atoms with Gasteiger partial charge in [0.25, 0.3) is 0 Å². The van der Waals surface area contributed by atoms with Crippen molar-refractivity contribution in [1.82, 2.24) is 26.2 Å². The molecule has 0 aromatic heterocycles. The van der Waals surface area contributed by atoms with Crippen molar-refractivity contribution >= 4 is 52.3 Å². The Hall–Kier alpha value is -5.21. The smallest absolute Gasteiger partial charge is 0.312 e. The van der Waals surface area contributed by atoms with Crippen molar-refractivity contribution in [3.05, 3.63) is 48.0 Å². The number of benzene rings is 2. The van der Waals surface area contributed by atoms with Gasteiger partial charge in [-0.1, -0.05) is 42.5 Å². The van der Waals surface area contributed by atoms with Crippen LogP contribution in [-0.2, 0) is 35.2 Å². The lowest BCUT2D eigenvalue weighted by Gasteiger charge is -2.37. The minimum atomic E-state index is -1.17. The summed E-state index contributed by atoms with van der Waals surface area (Å²) in [7, 11) is 0. The van der Waals surface area contributed by atoms with E-state index >= 15 is 0 Å². The van der Waals surface area contributed by atoms with Crippen LogP contribution in [0.2, 0.25) is 0 Å². The summed E-state index contributed by atoms with van der Waals surface area (Å²) >= 11 is 0. The van der Waals surface area contributed by atoms with Gasteiger partial charge in [-0.15, -0.1) is 0 Å². The second-order valence-corrected chi connectivity index (χ2v) is 11.6. The van der Waals surface area contributed by atoms with Crippen LogP contribution in [0.25, 0.3) is 10.8 Å². The van der Waals surface area contributed by atoms with Gasteiger partial charge >= 0.3 is 12.0 Å². The van der Waals surface area contributed by atoms with E-state index in [9.17, 15) is 33.6 Å². The number of nitrogens with two attached hydrogens (primary N) is 2. The van der Waals surface area contributed by atoms with E-state index < -0.39 is 65.7 Å². The van der Waals surface area contributed by atoms with E-state index in [1.54, 1.807) is 0 Å². The Bertz CT molecular complexity index is 1480. The zero-order valence-electron chi connectivity index (χ0n) is 26.3. The second-order valence-electron chi connectivity index (χ2n) is 11.6. The minimum absolute atomic E-state index is 0.0465. The summed E-state index contributed by atoms with van der Waals surface area (Å²) < 4.78 is 0. The monoisotopic (exact) mass is 653 g/mol. The summed E-state index contributed by atoms with van der Waals surface area (Å²) in [5.41, 5.74) is 11.4. The largest absolute Gasteiger partial charge is 0.481 e. The first-order chi connectivity index (χ1) is 22.3. The van der Waals surface area contributed by atoms with Crippen LogP contribution in [0, 0.1) is 0 Å². The number of aliphatic carboxylic acids is 1. The van der Waals surface area contributed by atoms with Gasteiger partial charge in [-0.05, 0) is 54.9 Å². The predicted molar refractivity (Wildman–Crippen MR) is 171 cm³/mol. The van der Waals surface area contributed by atoms with E-state index in [0.717, 1.165) is 16.3 Å². The number of carboxylic acids is 1. The molecule has 1 aliphatic rings. The number of likely N-dealkylation sites (tertiary alicyclic amines) is 1. The average Bonchev–Trinajstić information content (AvgIpc) is 3.03. The topological polar surface area (TPSA) is 243 Å². The first-order valence-corrected chi connectivity index (χ1v) is 15.6. The highest BCUT2D eigenvalue weighted by molar-refractivity contribution is 5.96. The molecule has 9 N–H and O–H groups in total. The van der Waals surface area contributed by atoms with Gasteiger partial charge in [0.2, 0.25) is 29.5 Å². The molecule has 1 aliphatic heterocycles. The Labute approximate surface area is 272 Å². The molecule has 2 aromatic rings. The van der Waals surface area contributed by atoms with Gasteiger partial charge < -0.3 is 42.7 Å². The van der Waals surface area contributed by atoms with Gasteiger partial charge in [-0.25, -0.2) is 4.79 Å². The molecular weight excluding hydrogens is 610 g/mol. The number of nitrogens with zero attached hydrogens (tertiary/aromatic N) is 1. The molecule has 254 valence electrons. The lowest BCUT2D eigenvalue weighted by Crippen LogP contribution is -2.60. The van der Waals surface area contributed by atoms with Crippen molar-refractivity contribution in [1.29, 1.82) is 0 Å². The first-order valence-electron chi connectivity index (χ1n) is 15.6. The van der Waals surface area contributed by atoms with Crippen LogP contribution in [0.1, 0.15) is 57.4 Å². The number of amides is 7. The number of hydrogen-bond donors (Lipinski definition) is 7. The van der Waals surface area contributed by atoms with Crippen molar-refractivity contribution in [2.45, 2.75) is 82.5 Å². The van der Waals surface area contributed by atoms with Crippen LogP contribution in [-0.4, -0.2) is 88.8 Å². The average molecular weight is 654 g/mol. The van der Waals surface area contributed by atoms with Crippen LogP contribution in [0.15, 0.2) is 42.5 Å². The molecule has 1 unspecified atom stereocenters. The number of carbonyl (C=O) groups is 7. The van der Waals surface area contributed by atoms with Crippen molar-refractivity contribution in [3.63, 3.8) is 0 Å². The van der Waals surface area contributed by atoms with Crippen molar-refractivity contribution in [2.75, 3.05) is 13.1 Å². The zero-order chi connectivity index (χ0) is 34.5. The summed E-state index contributed by atoms with van der Waals surface area (Å²) in [6, 6.07) is 8.09. The van der Waals surface area contributed by atoms with E-state index in [1.807, 2.05) is 42.5 Å². The minimum Gasteiger partial charge on any atom is -0.481 e. The molecule has 1 fully saturated rings. The van der Waals surface area contributed by atoms with Crippen LogP contribution < -0.4 is 32.7 Å². The van der Waals surface area contributed by atoms with E-state index in [4.69, 9.17) is 16.6 Å². The van der Waals surface area contributed by atoms with E-state index in [2.05, 4.69) is 21.3 Å². The third kappa shape index (κ3) is 11.3. The molecule has 47 heavy (non-hydrogen) atoms. The molecule has 15 heteroatoms. The van der Waals surface area contributed by atoms with Gasteiger partial charge in [0, 0.05) is 32.9 Å². The third-order valence-electron chi connectivity index (χ3n) is 7.93. The second kappa shape index (κ2) is 17.5. The number of carboxylic acid groups (broad SMARTS) is 1. The highest BCUT2D eigenvalue weighted by Gasteiger charge is 2.37. The normalized spacial score (nSPS) is 16.3. The zero-order valence-corrected chi connectivity index (χ0v) is 26.3. The van der Waals surface area contributed by atoms with Crippen LogP contribution in [0.5, 0.6) is 0 Å². The number of urea groups is 1. The fourth-order valence-electron chi connectivity index (χ4n) is 5.59. The number of primary amides is 2. The molecular formula is C32H43N7O8. The van der Waals surface area contributed by atoms with Crippen molar-refractivity contribution in [3.8, 4) is 0 Å². The Morgan fingerprint density at radius 3 is 2.28 bits per heavy atom. The van der Waals surface area contributed by atoms with Crippen LogP contribution in [0.4, 0.5) is 4.79 Å². The maximum Gasteiger partial charge on any atom is 0.312 e. The lowest BCUT2D eigenvalue weighted by molar-refractivity contribution is -0.146. The Balaban J connectivity index is 1.85. The van der Waals surface area contributed by atoms with E-state index in [-0.39, 0.29) is 51.6 Å². The van der Waals surface area contributed by atoms with E-state index in [0.29, 0.717) is 12.8 Å². The summed E-state index contributed by atoms with van der Waals surface area (Å²) in [6.07, 6.45) is 1.40. The molecule has 2 aromatic carbocycles. The van der Waals surface area contributed by atoms with E-state index in [1.165, 1.54) is 11.8 Å². The maximum atomic E-state index is 13.8. The van der Waals surface area contributed by atoms with Gasteiger partial charge in [0.1, 0.15) is 24.2 Å². The first kappa shape index (κ1) is 36.3. The fraction of sp³-hybridized carbons (Fsp3) is 0.469. The number of fused-ring (bicyclic) bond motifs is 1. The Morgan fingerprint density at radius 2 is 1.62 bits per heavy atom. The van der Waals surface area contributed by atoms with Gasteiger partial charge in [0.15, 0.2) is 0 Å². The van der Waals surface area contributed by atoms with Crippen LogP contribution >= 0.6 is 0 Å². The Kier molecular flexibility index (Phi) is 13.5. The summed E-state index contributed by atoms with van der Waals surface area (Å²) in [4.78, 5) is 88.6. The lowest BCUT2D eigenvalue weighted by atomic mass is 9.97. The maximum absolute atomic E-state index is 13.8. The number of carbonyl (C=O) groups excluding carboxylic acids is 6. The molecule has 4 atom stereocenters. The number of nitrogens with one attached hydrogen (secondary N) is 4. The third-order valence-corrected chi connectivity index (χ3v) is 7.93. The molecule has 0 bridgehead atoms. The van der Waals surface area contributed by atoms with Crippen molar-refractivity contribution < 1.29 is 38.7 Å². The number of hydrogen-bond acceptors (Lipinski definition) is 7. The van der Waals surface area contributed by atoms with Gasteiger partial charge in [0.05, 0.1) is 0 Å². The highest BCUT2D eigenvalue weighted by Crippen LogP contribution is 2.21. The molecule has 1 heterocycles. The standard InChI is InChI=1S/C32H43N7O8/c1-19(40)36-24(13-14-27(41)42)31(46)39-16-5-4-10-26(39)30(45)38-25(18-20-11-12-21-7-2-3-8-22(21)17-20)29(44)37-23(28(33)43)9-6-15-35-32(34)47/h2-3,7-8,11-12,17,23-26H,4-6,9-10,13-16,18H2,1H3,(H2,33,43)(H,36,40)(H,37,44)(H,38,45)(H,41,42)(H3,34,35,47)/t23-,24-,25?,26-/m0/s1. The molecule has 15 nitrogen and oxygen atoms in total. The van der Waals surface area contributed by atoms with Gasteiger partial charge in [-0.2, -0.15) is 0 Å². The summed E-state index contributed by atoms with van der Waals surface area (Å²) in [5.74, 6) is -4.34. The quantitative estimate of drug-likeness (QED) is 0.122. The predicted octanol–water partition coefficient (Wildman–Crippen LogP) is 0.0363. The number of piperidine rings is 1. The van der Waals surface area contributed by atoms with Crippen molar-refractivity contribution in [2.24, 2.45) is 11.5 Å². The van der Waals surface area contributed by atoms with Gasteiger partial charge in [-0.3, -0.25) is 28.8 Å². The molecule has 0 aliphatic carbocycles.